The largest absolute Gasteiger partial charge is 0.271 e. The summed E-state index contributed by atoms with van der Waals surface area (Å²) >= 11 is 3.63. The molecule has 6 heteroatoms. The zero-order chi connectivity index (χ0) is 15.6. The van der Waals surface area contributed by atoms with Crippen LogP contribution >= 0.6 is 15.9 Å². The highest BCUT2D eigenvalue weighted by molar-refractivity contribution is 9.10. The van der Waals surface area contributed by atoms with Gasteiger partial charge in [-0.25, -0.2) is 0 Å². The number of rotatable bonds is 5. The smallest absolute Gasteiger partial charge is 0.0738 e. The zero-order valence-corrected chi connectivity index (χ0v) is 14.5. The molecule has 1 atom stereocenters. The van der Waals surface area contributed by atoms with Crippen molar-refractivity contribution in [3.63, 3.8) is 0 Å². The van der Waals surface area contributed by atoms with Gasteiger partial charge in [0, 0.05) is 24.4 Å². The summed E-state index contributed by atoms with van der Waals surface area (Å²) in [5.41, 5.74) is 8.21. The molecule has 0 radical (unpaired) electrons. The van der Waals surface area contributed by atoms with Crippen LogP contribution in [0.5, 0.6) is 0 Å². The Hall–Kier alpha value is -1.24. The first-order valence-electron chi connectivity index (χ1n) is 7.10. The Morgan fingerprint density at radius 2 is 2.00 bits per heavy atom. The Labute approximate surface area is 134 Å². The molecule has 0 saturated heterocycles. The van der Waals surface area contributed by atoms with E-state index in [-0.39, 0.29) is 6.04 Å². The van der Waals surface area contributed by atoms with Crippen molar-refractivity contribution in [1.29, 1.82) is 0 Å². The zero-order valence-electron chi connectivity index (χ0n) is 12.9. The van der Waals surface area contributed by atoms with Gasteiger partial charge in [-0.1, -0.05) is 6.07 Å². The summed E-state index contributed by atoms with van der Waals surface area (Å²) in [6.45, 7) is 8.94. The summed E-state index contributed by atoms with van der Waals surface area (Å²) in [6.07, 6.45) is 0.761. The Morgan fingerprint density at radius 1 is 1.29 bits per heavy atom. The van der Waals surface area contributed by atoms with Crippen LogP contribution in [0.4, 0.5) is 0 Å². The molecule has 2 aromatic rings. The van der Waals surface area contributed by atoms with Crippen LogP contribution in [-0.2, 0) is 13.0 Å². The first-order chi connectivity index (χ1) is 9.97. The van der Waals surface area contributed by atoms with Gasteiger partial charge in [0.15, 0.2) is 0 Å². The van der Waals surface area contributed by atoms with Crippen molar-refractivity contribution in [3.05, 3.63) is 44.9 Å². The van der Waals surface area contributed by atoms with Gasteiger partial charge in [0.05, 0.1) is 21.9 Å². The molecule has 0 saturated carbocycles. The summed E-state index contributed by atoms with van der Waals surface area (Å²) in [5, 5.41) is 4.53. The fourth-order valence-corrected chi connectivity index (χ4v) is 3.03. The summed E-state index contributed by atoms with van der Waals surface area (Å²) < 4.78 is 3.07. The fourth-order valence-electron chi connectivity index (χ4n) is 2.58. The second-order valence-corrected chi connectivity index (χ2v) is 6.01. The molecule has 0 aliphatic rings. The number of nitrogens with two attached hydrogens (primary N) is 1. The van der Waals surface area contributed by atoms with Gasteiger partial charge in [-0.3, -0.25) is 20.9 Å². The summed E-state index contributed by atoms with van der Waals surface area (Å²) in [6, 6.07) is 4.12. The van der Waals surface area contributed by atoms with Crippen molar-refractivity contribution >= 4 is 15.9 Å². The molecule has 0 fully saturated rings. The molecule has 5 nitrogen and oxygen atoms in total. The van der Waals surface area contributed by atoms with E-state index in [0.29, 0.717) is 0 Å². The molecule has 2 rings (SSSR count). The molecule has 0 aromatic carbocycles. The van der Waals surface area contributed by atoms with Crippen molar-refractivity contribution in [2.24, 2.45) is 5.84 Å². The minimum absolute atomic E-state index is 0.01000. The minimum Gasteiger partial charge on any atom is -0.271 e. The van der Waals surface area contributed by atoms with Crippen LogP contribution in [-0.4, -0.2) is 14.8 Å². The highest BCUT2D eigenvalue weighted by Gasteiger charge is 2.19. The van der Waals surface area contributed by atoms with Gasteiger partial charge in [0.25, 0.3) is 0 Å². The molecule has 114 valence electrons. The Bertz CT molecular complexity index is 635. The van der Waals surface area contributed by atoms with Crippen molar-refractivity contribution in [2.75, 3.05) is 0 Å². The van der Waals surface area contributed by atoms with Gasteiger partial charge in [-0.05, 0) is 55.3 Å². The molecule has 0 amide bonds. The third-order valence-electron chi connectivity index (χ3n) is 3.69. The van der Waals surface area contributed by atoms with E-state index < -0.39 is 0 Å². The predicted molar refractivity (Wildman–Crippen MR) is 87.8 cm³/mol. The maximum atomic E-state index is 5.79. The van der Waals surface area contributed by atoms with Gasteiger partial charge >= 0.3 is 0 Å². The highest BCUT2D eigenvalue weighted by Crippen LogP contribution is 2.27. The van der Waals surface area contributed by atoms with Crippen molar-refractivity contribution < 1.29 is 0 Å². The number of hydrogen-bond acceptors (Lipinski definition) is 4. The number of nitrogens with zero attached hydrogens (tertiary/aromatic N) is 3. The second kappa shape index (κ2) is 6.68. The van der Waals surface area contributed by atoms with E-state index in [4.69, 9.17) is 5.84 Å². The lowest BCUT2D eigenvalue weighted by atomic mass is 10.0. The number of hydrogen-bond donors (Lipinski definition) is 2. The molecule has 2 aromatic heterocycles. The second-order valence-electron chi connectivity index (χ2n) is 5.21. The lowest BCUT2D eigenvalue weighted by Crippen LogP contribution is -2.31. The van der Waals surface area contributed by atoms with Crippen LogP contribution in [0.25, 0.3) is 0 Å². The number of hydrazine groups is 1. The van der Waals surface area contributed by atoms with Crippen LogP contribution in [0.1, 0.15) is 41.3 Å². The molecule has 0 aliphatic heterocycles. The van der Waals surface area contributed by atoms with Crippen LogP contribution in [0.2, 0.25) is 0 Å². The summed E-state index contributed by atoms with van der Waals surface area (Å²) in [7, 11) is 0. The molecular weight excluding hydrogens is 330 g/mol. The van der Waals surface area contributed by atoms with E-state index in [1.54, 1.807) is 0 Å². The first-order valence-corrected chi connectivity index (χ1v) is 7.89. The third-order valence-corrected chi connectivity index (χ3v) is 4.72. The monoisotopic (exact) mass is 351 g/mol. The van der Waals surface area contributed by atoms with E-state index in [2.05, 4.69) is 44.4 Å². The number of halogens is 1. The number of aryl methyl sites for hydroxylation is 4. The van der Waals surface area contributed by atoms with Crippen molar-refractivity contribution in [2.45, 2.75) is 46.7 Å². The number of pyridine rings is 1. The van der Waals surface area contributed by atoms with Crippen LogP contribution in [0.15, 0.2) is 16.6 Å². The van der Waals surface area contributed by atoms with Crippen LogP contribution in [0.3, 0.4) is 0 Å². The van der Waals surface area contributed by atoms with Crippen molar-refractivity contribution in [1.82, 2.24) is 20.2 Å². The van der Waals surface area contributed by atoms with Gasteiger partial charge in [0.2, 0.25) is 0 Å². The van der Waals surface area contributed by atoms with E-state index >= 15 is 0 Å². The van der Waals surface area contributed by atoms with E-state index in [0.717, 1.165) is 45.8 Å². The Balaban J connectivity index is 2.35. The van der Waals surface area contributed by atoms with Gasteiger partial charge < -0.3 is 0 Å². The molecule has 0 aliphatic carbocycles. The minimum atomic E-state index is 0.01000. The topological polar surface area (TPSA) is 68.8 Å². The normalized spacial score (nSPS) is 12.7. The molecule has 0 spiro atoms. The molecule has 3 N–H and O–H groups in total. The number of aromatic nitrogens is 3. The van der Waals surface area contributed by atoms with Crippen molar-refractivity contribution in [3.8, 4) is 0 Å². The molecule has 2 heterocycles. The maximum Gasteiger partial charge on any atom is 0.0738 e. The Kier molecular flexibility index (Phi) is 5.13. The summed E-state index contributed by atoms with van der Waals surface area (Å²) in [5.74, 6) is 5.79. The average Bonchev–Trinajstić information content (AvgIpc) is 2.72. The number of nitrogens with one attached hydrogen (secondary N) is 1. The lowest BCUT2D eigenvalue weighted by molar-refractivity contribution is 0.512. The molecule has 0 bridgehead atoms. The van der Waals surface area contributed by atoms with Crippen LogP contribution in [0, 0.1) is 20.8 Å². The first kappa shape index (κ1) is 16.1. The lowest BCUT2D eigenvalue weighted by Gasteiger charge is -2.19. The standard InChI is InChI=1S/C15H22BrN5/c1-5-21-14(15(16)11(4)20-21)8-13(19-17)12-7-6-9(2)18-10(12)3/h6-7,13,19H,5,8,17H2,1-4H3. The van der Waals surface area contributed by atoms with E-state index in [1.807, 2.05) is 31.5 Å². The molecule has 21 heavy (non-hydrogen) atoms. The Morgan fingerprint density at radius 3 is 2.57 bits per heavy atom. The van der Waals surface area contributed by atoms with Gasteiger partial charge in [0.1, 0.15) is 0 Å². The van der Waals surface area contributed by atoms with Crippen LogP contribution < -0.4 is 11.3 Å². The molecular formula is C15H22BrN5. The predicted octanol–water partition coefficient (Wildman–Crippen LogP) is 2.73. The highest BCUT2D eigenvalue weighted by atomic mass is 79.9. The van der Waals surface area contributed by atoms with Gasteiger partial charge in [-0.2, -0.15) is 5.10 Å². The maximum absolute atomic E-state index is 5.79. The average molecular weight is 352 g/mol. The van der Waals surface area contributed by atoms with Gasteiger partial charge in [-0.15, -0.1) is 0 Å². The summed E-state index contributed by atoms with van der Waals surface area (Å²) in [4.78, 5) is 4.52. The molecule has 1 unspecified atom stereocenters. The third kappa shape index (κ3) is 3.33. The SMILES string of the molecule is CCn1nc(C)c(Br)c1CC(NN)c1ccc(C)nc1C. The van der Waals surface area contributed by atoms with E-state index in [1.165, 1.54) is 0 Å². The fraction of sp³-hybridized carbons (Fsp3) is 0.467. The quantitative estimate of drug-likeness (QED) is 0.641. The van der Waals surface area contributed by atoms with E-state index in [9.17, 15) is 0 Å².